The average Bonchev–Trinajstić information content (AvgIpc) is 2.49. The van der Waals surface area contributed by atoms with Crippen molar-refractivity contribution in [2.24, 2.45) is 0 Å². The number of aryl methyl sites for hydroxylation is 2. The van der Waals surface area contributed by atoms with Crippen LogP contribution in [0.2, 0.25) is 0 Å². The molecule has 0 bridgehead atoms. The predicted octanol–water partition coefficient (Wildman–Crippen LogP) is 4.00. The lowest BCUT2D eigenvalue weighted by molar-refractivity contribution is 0.192. The highest BCUT2D eigenvalue weighted by atomic mass is 15.2. The summed E-state index contributed by atoms with van der Waals surface area (Å²) < 4.78 is 0. The van der Waals surface area contributed by atoms with Crippen molar-refractivity contribution in [2.45, 2.75) is 39.8 Å². The van der Waals surface area contributed by atoms with E-state index in [9.17, 15) is 0 Å². The SMILES string of the molecule is Cc1ccc(C(C)N2CCc3cccc(N)c3C2)cc1C. The number of nitrogens with zero attached hydrogens (tertiary/aromatic N) is 1. The van der Waals surface area contributed by atoms with Crippen LogP contribution in [0.1, 0.15) is 40.8 Å². The van der Waals surface area contributed by atoms with Crippen molar-refractivity contribution in [3.05, 3.63) is 64.2 Å². The minimum absolute atomic E-state index is 0.428. The van der Waals surface area contributed by atoms with Gasteiger partial charge in [-0.2, -0.15) is 0 Å². The van der Waals surface area contributed by atoms with Crippen LogP contribution >= 0.6 is 0 Å². The van der Waals surface area contributed by atoms with Crippen molar-refractivity contribution in [1.82, 2.24) is 4.90 Å². The topological polar surface area (TPSA) is 29.3 Å². The van der Waals surface area contributed by atoms with Crippen molar-refractivity contribution < 1.29 is 0 Å². The van der Waals surface area contributed by atoms with E-state index in [2.05, 4.69) is 56.0 Å². The lowest BCUT2D eigenvalue weighted by Gasteiger charge is -2.34. The van der Waals surface area contributed by atoms with Crippen LogP contribution < -0.4 is 5.73 Å². The molecule has 2 aromatic carbocycles. The summed E-state index contributed by atoms with van der Waals surface area (Å²) in [4.78, 5) is 2.53. The summed E-state index contributed by atoms with van der Waals surface area (Å²) in [6, 6.07) is 13.5. The molecule has 1 unspecified atom stereocenters. The van der Waals surface area contributed by atoms with Crippen molar-refractivity contribution in [3.63, 3.8) is 0 Å². The van der Waals surface area contributed by atoms with E-state index < -0.39 is 0 Å². The third-order valence-electron chi connectivity index (χ3n) is 4.90. The van der Waals surface area contributed by atoms with Crippen LogP contribution in [-0.4, -0.2) is 11.4 Å². The molecule has 0 aliphatic carbocycles. The minimum atomic E-state index is 0.428. The lowest BCUT2D eigenvalue weighted by Crippen LogP contribution is -2.33. The van der Waals surface area contributed by atoms with Gasteiger partial charge in [-0.05, 0) is 61.1 Å². The third kappa shape index (κ3) is 2.68. The fourth-order valence-corrected chi connectivity index (χ4v) is 3.19. The van der Waals surface area contributed by atoms with Crippen LogP contribution in [0.15, 0.2) is 36.4 Å². The van der Waals surface area contributed by atoms with Crippen molar-refractivity contribution in [1.29, 1.82) is 0 Å². The molecule has 2 N–H and O–H groups in total. The van der Waals surface area contributed by atoms with Gasteiger partial charge in [0.1, 0.15) is 0 Å². The average molecular weight is 280 g/mol. The Morgan fingerprint density at radius 2 is 1.90 bits per heavy atom. The summed E-state index contributed by atoms with van der Waals surface area (Å²) in [6.45, 7) is 8.71. The second-order valence-corrected chi connectivity index (χ2v) is 6.23. The van der Waals surface area contributed by atoms with E-state index in [-0.39, 0.29) is 0 Å². The molecule has 1 atom stereocenters. The summed E-state index contributed by atoms with van der Waals surface area (Å²) in [5, 5.41) is 0. The first-order valence-corrected chi connectivity index (χ1v) is 7.73. The number of hydrogen-bond acceptors (Lipinski definition) is 2. The van der Waals surface area contributed by atoms with Gasteiger partial charge in [-0.3, -0.25) is 4.90 Å². The summed E-state index contributed by atoms with van der Waals surface area (Å²) in [5.41, 5.74) is 14.0. The maximum Gasteiger partial charge on any atom is 0.0362 e. The quantitative estimate of drug-likeness (QED) is 0.842. The molecule has 0 spiro atoms. The normalized spacial score (nSPS) is 16.5. The lowest BCUT2D eigenvalue weighted by atomic mass is 9.95. The van der Waals surface area contributed by atoms with Crippen LogP contribution in [0.25, 0.3) is 0 Å². The first kappa shape index (κ1) is 14.2. The van der Waals surface area contributed by atoms with E-state index in [1.807, 2.05) is 6.07 Å². The summed E-state index contributed by atoms with van der Waals surface area (Å²) >= 11 is 0. The number of rotatable bonds is 2. The van der Waals surface area contributed by atoms with Gasteiger partial charge in [-0.15, -0.1) is 0 Å². The van der Waals surface area contributed by atoms with Gasteiger partial charge >= 0.3 is 0 Å². The summed E-state index contributed by atoms with van der Waals surface area (Å²) in [7, 11) is 0. The van der Waals surface area contributed by atoms with E-state index in [4.69, 9.17) is 5.73 Å². The number of fused-ring (bicyclic) bond motifs is 1. The molecule has 0 saturated heterocycles. The Balaban J connectivity index is 1.85. The molecule has 21 heavy (non-hydrogen) atoms. The van der Waals surface area contributed by atoms with Gasteiger partial charge in [0.15, 0.2) is 0 Å². The highest BCUT2D eigenvalue weighted by Crippen LogP contribution is 2.30. The highest BCUT2D eigenvalue weighted by Gasteiger charge is 2.23. The molecule has 2 aromatic rings. The van der Waals surface area contributed by atoms with Crippen molar-refractivity contribution in [3.8, 4) is 0 Å². The Labute approximate surface area is 127 Å². The Bertz CT molecular complexity index is 661. The fraction of sp³-hybridized carbons (Fsp3) is 0.368. The molecule has 1 aliphatic heterocycles. The van der Waals surface area contributed by atoms with Gasteiger partial charge in [0, 0.05) is 24.8 Å². The monoisotopic (exact) mass is 280 g/mol. The van der Waals surface area contributed by atoms with Crippen LogP contribution in [0.4, 0.5) is 5.69 Å². The minimum Gasteiger partial charge on any atom is -0.398 e. The molecule has 1 aliphatic rings. The maximum atomic E-state index is 6.16. The Morgan fingerprint density at radius 3 is 2.67 bits per heavy atom. The third-order valence-corrected chi connectivity index (χ3v) is 4.90. The largest absolute Gasteiger partial charge is 0.398 e. The van der Waals surface area contributed by atoms with E-state index in [0.29, 0.717) is 6.04 Å². The van der Waals surface area contributed by atoms with E-state index in [1.165, 1.54) is 27.8 Å². The summed E-state index contributed by atoms with van der Waals surface area (Å²) in [6.07, 6.45) is 1.09. The van der Waals surface area contributed by atoms with Gasteiger partial charge in [0.2, 0.25) is 0 Å². The zero-order valence-corrected chi connectivity index (χ0v) is 13.2. The Kier molecular flexibility index (Phi) is 3.73. The van der Waals surface area contributed by atoms with Crippen LogP contribution in [0.3, 0.4) is 0 Å². The molecule has 0 radical (unpaired) electrons. The highest BCUT2D eigenvalue weighted by molar-refractivity contribution is 5.51. The molecule has 110 valence electrons. The maximum absolute atomic E-state index is 6.16. The van der Waals surface area contributed by atoms with Crippen molar-refractivity contribution >= 4 is 5.69 Å². The molecular weight excluding hydrogens is 256 g/mol. The van der Waals surface area contributed by atoms with E-state index >= 15 is 0 Å². The number of nitrogens with two attached hydrogens (primary N) is 1. The molecular formula is C19H24N2. The van der Waals surface area contributed by atoms with Crippen molar-refractivity contribution in [2.75, 3.05) is 12.3 Å². The molecule has 2 heteroatoms. The van der Waals surface area contributed by atoms with Crippen LogP contribution in [0.5, 0.6) is 0 Å². The zero-order valence-electron chi connectivity index (χ0n) is 13.2. The number of hydrogen-bond donors (Lipinski definition) is 1. The Morgan fingerprint density at radius 1 is 1.10 bits per heavy atom. The standard InChI is InChI=1S/C19H24N2/c1-13-7-8-17(11-14(13)2)15(3)21-10-9-16-5-4-6-19(20)18(16)12-21/h4-8,11,15H,9-10,12,20H2,1-3H3. The van der Waals surface area contributed by atoms with Gasteiger partial charge in [0.25, 0.3) is 0 Å². The number of nitrogen functional groups attached to an aromatic ring is 1. The van der Waals surface area contributed by atoms with Crippen LogP contribution in [-0.2, 0) is 13.0 Å². The molecule has 0 fully saturated rings. The van der Waals surface area contributed by atoms with Gasteiger partial charge in [0.05, 0.1) is 0 Å². The van der Waals surface area contributed by atoms with Gasteiger partial charge < -0.3 is 5.73 Å². The van der Waals surface area contributed by atoms with Gasteiger partial charge in [-0.1, -0.05) is 30.3 Å². The fourth-order valence-electron chi connectivity index (χ4n) is 3.19. The molecule has 0 amide bonds. The summed E-state index contributed by atoms with van der Waals surface area (Å²) in [5.74, 6) is 0. The smallest absolute Gasteiger partial charge is 0.0362 e. The Hall–Kier alpha value is -1.80. The number of anilines is 1. The molecule has 0 aromatic heterocycles. The van der Waals surface area contributed by atoms with E-state index in [0.717, 1.165) is 25.2 Å². The second-order valence-electron chi connectivity index (χ2n) is 6.23. The first-order valence-electron chi connectivity index (χ1n) is 7.73. The van der Waals surface area contributed by atoms with Crippen LogP contribution in [0, 0.1) is 13.8 Å². The predicted molar refractivity (Wildman–Crippen MR) is 89.3 cm³/mol. The van der Waals surface area contributed by atoms with Gasteiger partial charge in [-0.25, -0.2) is 0 Å². The molecule has 0 saturated carbocycles. The zero-order chi connectivity index (χ0) is 15.0. The molecule has 2 nitrogen and oxygen atoms in total. The number of benzene rings is 2. The second kappa shape index (κ2) is 5.53. The first-order chi connectivity index (χ1) is 10.1. The van der Waals surface area contributed by atoms with E-state index in [1.54, 1.807) is 0 Å². The molecule has 3 rings (SSSR count). The molecule has 1 heterocycles.